The summed E-state index contributed by atoms with van der Waals surface area (Å²) in [5, 5.41) is 31.8. The third-order valence-electron chi connectivity index (χ3n) is 2.94. The summed E-state index contributed by atoms with van der Waals surface area (Å²) in [5.41, 5.74) is 2.40. The fourth-order valence-corrected chi connectivity index (χ4v) is 1.72. The largest absolute Gasteiger partial charge is 0.392 e. The van der Waals surface area contributed by atoms with Gasteiger partial charge < -0.3 is 20.6 Å². The lowest BCUT2D eigenvalue weighted by Gasteiger charge is -2.19. The van der Waals surface area contributed by atoms with E-state index in [1.165, 1.54) is 0 Å². The minimum Gasteiger partial charge on any atom is -0.392 e. The van der Waals surface area contributed by atoms with Crippen LogP contribution in [0.25, 0.3) is 0 Å². The maximum Gasteiger partial charge on any atom is 0.105 e. The predicted octanol–water partition coefficient (Wildman–Crippen LogP) is 0.491. The number of aliphatic hydroxyl groups excluding tert-OH is 3. The van der Waals surface area contributed by atoms with E-state index in [9.17, 15) is 10.2 Å². The van der Waals surface area contributed by atoms with Crippen molar-refractivity contribution in [3.05, 3.63) is 34.9 Å². The van der Waals surface area contributed by atoms with Crippen LogP contribution in [0.1, 0.15) is 29.2 Å². The monoisotopic (exact) mass is 239 g/mol. The molecule has 2 unspecified atom stereocenters. The zero-order valence-corrected chi connectivity index (χ0v) is 10.3. The maximum atomic E-state index is 9.97. The summed E-state index contributed by atoms with van der Waals surface area (Å²) >= 11 is 0. The molecule has 0 heterocycles. The number of benzene rings is 1. The van der Waals surface area contributed by atoms with Crippen LogP contribution in [0.3, 0.4) is 0 Å². The van der Waals surface area contributed by atoms with Gasteiger partial charge in [0, 0.05) is 0 Å². The van der Waals surface area contributed by atoms with E-state index >= 15 is 0 Å². The van der Waals surface area contributed by atoms with Crippen molar-refractivity contribution in [3.8, 4) is 0 Å². The first-order chi connectivity index (χ1) is 8.10. The molecule has 4 heteroatoms. The lowest BCUT2D eigenvalue weighted by atomic mass is 9.98. The molecule has 17 heavy (non-hydrogen) atoms. The first-order valence-electron chi connectivity index (χ1n) is 5.81. The number of aryl methyl sites for hydroxylation is 1. The molecule has 1 rings (SSSR count). The lowest BCUT2D eigenvalue weighted by molar-refractivity contribution is 0.0139. The van der Waals surface area contributed by atoms with Crippen LogP contribution in [0, 0.1) is 6.92 Å². The smallest absolute Gasteiger partial charge is 0.105 e. The Morgan fingerprint density at radius 3 is 2.59 bits per heavy atom. The average Bonchev–Trinajstić information content (AvgIpc) is 2.35. The van der Waals surface area contributed by atoms with E-state index in [0.717, 1.165) is 11.1 Å². The molecule has 96 valence electrons. The molecular formula is C13H21NO3. The van der Waals surface area contributed by atoms with E-state index in [2.05, 4.69) is 5.32 Å². The first kappa shape index (κ1) is 14.1. The molecule has 2 atom stereocenters. The first-order valence-corrected chi connectivity index (χ1v) is 5.81. The second-order valence-corrected chi connectivity index (χ2v) is 4.25. The van der Waals surface area contributed by atoms with Crippen LogP contribution in [0.4, 0.5) is 0 Å². The van der Waals surface area contributed by atoms with Gasteiger partial charge in [-0.2, -0.15) is 0 Å². The van der Waals surface area contributed by atoms with Gasteiger partial charge in [0.1, 0.15) is 6.10 Å². The Morgan fingerprint density at radius 1 is 1.29 bits per heavy atom. The molecule has 0 bridgehead atoms. The molecule has 1 aromatic rings. The minimum atomic E-state index is -0.908. The van der Waals surface area contributed by atoms with Crippen LogP contribution in [0.2, 0.25) is 0 Å². The molecule has 0 aliphatic heterocycles. The fourth-order valence-electron chi connectivity index (χ4n) is 1.72. The summed E-state index contributed by atoms with van der Waals surface area (Å²) < 4.78 is 0. The number of nitrogens with one attached hydrogen (secondary N) is 1. The van der Waals surface area contributed by atoms with Crippen LogP contribution in [0.5, 0.6) is 0 Å². The lowest BCUT2D eigenvalue weighted by Crippen LogP contribution is -2.23. The molecule has 0 aliphatic rings. The van der Waals surface area contributed by atoms with Crippen molar-refractivity contribution < 1.29 is 15.3 Å². The highest BCUT2D eigenvalue weighted by molar-refractivity contribution is 5.32. The quantitative estimate of drug-likeness (QED) is 0.583. The van der Waals surface area contributed by atoms with Crippen LogP contribution in [0.15, 0.2) is 18.2 Å². The van der Waals surface area contributed by atoms with Crippen LogP contribution < -0.4 is 5.32 Å². The summed E-state index contributed by atoms with van der Waals surface area (Å²) in [7, 11) is 1.80. The van der Waals surface area contributed by atoms with Crippen molar-refractivity contribution in [1.82, 2.24) is 5.32 Å². The van der Waals surface area contributed by atoms with Gasteiger partial charge in [-0.1, -0.05) is 18.2 Å². The minimum absolute atomic E-state index is 0.0565. The maximum absolute atomic E-state index is 9.97. The van der Waals surface area contributed by atoms with Crippen LogP contribution in [-0.2, 0) is 6.61 Å². The molecule has 0 spiro atoms. The summed E-state index contributed by atoms with van der Waals surface area (Å²) in [6.45, 7) is 2.50. The van der Waals surface area contributed by atoms with Crippen molar-refractivity contribution in [2.45, 2.75) is 32.2 Å². The molecule has 1 aromatic carbocycles. The highest BCUT2D eigenvalue weighted by Gasteiger charge is 2.18. The normalized spacial score (nSPS) is 14.6. The van der Waals surface area contributed by atoms with Crippen molar-refractivity contribution in [2.24, 2.45) is 0 Å². The zero-order valence-electron chi connectivity index (χ0n) is 10.3. The Labute approximate surface area is 102 Å². The second-order valence-electron chi connectivity index (χ2n) is 4.25. The Morgan fingerprint density at radius 2 is 2.00 bits per heavy atom. The number of hydrogen-bond donors (Lipinski definition) is 4. The molecule has 0 amide bonds. The molecular weight excluding hydrogens is 218 g/mol. The van der Waals surface area contributed by atoms with E-state index in [1.807, 2.05) is 13.0 Å². The molecule has 0 aromatic heterocycles. The Hall–Kier alpha value is -0.940. The summed E-state index contributed by atoms with van der Waals surface area (Å²) in [5.74, 6) is 0. The Balaban J connectivity index is 2.77. The second kappa shape index (κ2) is 6.71. The Bertz CT molecular complexity index is 355. The van der Waals surface area contributed by atoms with E-state index in [4.69, 9.17) is 5.11 Å². The number of rotatable bonds is 6. The van der Waals surface area contributed by atoms with Gasteiger partial charge >= 0.3 is 0 Å². The molecule has 4 nitrogen and oxygen atoms in total. The van der Waals surface area contributed by atoms with Crippen LogP contribution in [-0.4, -0.2) is 35.0 Å². The van der Waals surface area contributed by atoms with E-state index in [1.54, 1.807) is 19.2 Å². The van der Waals surface area contributed by atoms with Gasteiger partial charge in [-0.25, -0.2) is 0 Å². The molecule has 0 saturated heterocycles. The number of hydrogen-bond acceptors (Lipinski definition) is 4. The topological polar surface area (TPSA) is 72.7 Å². The van der Waals surface area contributed by atoms with Crippen molar-refractivity contribution in [2.75, 3.05) is 13.6 Å². The standard InChI is InChI=1S/C13H21NO3/c1-9-3-4-10(7-11(9)8-15)13(17)12(16)5-6-14-2/h3-4,7,12-17H,5-6,8H2,1-2H3. The van der Waals surface area contributed by atoms with Gasteiger partial charge in [-0.3, -0.25) is 0 Å². The Kier molecular flexibility index (Phi) is 5.58. The molecule has 0 saturated carbocycles. The number of aliphatic hydroxyl groups is 3. The molecule has 0 aliphatic carbocycles. The SMILES string of the molecule is CNCCC(O)C(O)c1ccc(C)c(CO)c1. The van der Waals surface area contributed by atoms with E-state index < -0.39 is 12.2 Å². The highest BCUT2D eigenvalue weighted by atomic mass is 16.3. The van der Waals surface area contributed by atoms with E-state index in [0.29, 0.717) is 18.5 Å². The van der Waals surface area contributed by atoms with Crippen LogP contribution >= 0.6 is 0 Å². The van der Waals surface area contributed by atoms with Crippen molar-refractivity contribution in [3.63, 3.8) is 0 Å². The van der Waals surface area contributed by atoms with E-state index in [-0.39, 0.29) is 6.61 Å². The molecule has 0 fully saturated rings. The highest BCUT2D eigenvalue weighted by Crippen LogP contribution is 2.21. The van der Waals surface area contributed by atoms with Gasteiger partial charge in [0.15, 0.2) is 0 Å². The molecule has 0 radical (unpaired) electrons. The summed E-state index contributed by atoms with van der Waals surface area (Å²) in [6, 6.07) is 5.36. The molecule has 4 N–H and O–H groups in total. The predicted molar refractivity (Wildman–Crippen MR) is 66.6 cm³/mol. The zero-order chi connectivity index (χ0) is 12.8. The third-order valence-corrected chi connectivity index (χ3v) is 2.94. The van der Waals surface area contributed by atoms with Gasteiger partial charge in [0.05, 0.1) is 12.7 Å². The third kappa shape index (κ3) is 3.78. The van der Waals surface area contributed by atoms with Gasteiger partial charge in [0.25, 0.3) is 0 Å². The van der Waals surface area contributed by atoms with Gasteiger partial charge in [-0.05, 0) is 43.6 Å². The average molecular weight is 239 g/mol. The van der Waals surface area contributed by atoms with Crippen molar-refractivity contribution in [1.29, 1.82) is 0 Å². The van der Waals surface area contributed by atoms with Gasteiger partial charge in [0.2, 0.25) is 0 Å². The summed E-state index contributed by atoms with van der Waals surface area (Å²) in [6.07, 6.45) is -1.22. The summed E-state index contributed by atoms with van der Waals surface area (Å²) in [4.78, 5) is 0. The van der Waals surface area contributed by atoms with Gasteiger partial charge in [-0.15, -0.1) is 0 Å². The van der Waals surface area contributed by atoms with Crippen molar-refractivity contribution >= 4 is 0 Å². The fraction of sp³-hybridized carbons (Fsp3) is 0.538.